The van der Waals surface area contributed by atoms with E-state index in [9.17, 15) is 5.11 Å². The summed E-state index contributed by atoms with van der Waals surface area (Å²) in [5.41, 5.74) is 1.26. The molecule has 0 aromatic heterocycles. The Morgan fingerprint density at radius 1 is 1.17 bits per heavy atom. The second kappa shape index (κ2) is 4.21. The average molecular weight is 262 g/mol. The van der Waals surface area contributed by atoms with E-state index in [1.807, 2.05) is 0 Å². The van der Waals surface area contributed by atoms with Crippen molar-refractivity contribution in [2.45, 2.75) is 63.8 Å². The van der Waals surface area contributed by atoms with Crippen LogP contribution in [0.4, 0.5) is 0 Å². The third-order valence-corrected chi connectivity index (χ3v) is 6.53. The Bertz CT molecular complexity index is 439. The van der Waals surface area contributed by atoms with Crippen molar-refractivity contribution in [3.63, 3.8) is 0 Å². The molecule has 0 bridgehead atoms. The highest BCUT2D eigenvalue weighted by Gasteiger charge is 2.51. The van der Waals surface area contributed by atoms with Crippen molar-refractivity contribution in [1.82, 2.24) is 0 Å². The number of benzene rings is 1. The smallest absolute Gasteiger partial charge is 0.0779 e. The Hall–Kier alpha value is -0.603. The second-order valence-electron chi connectivity index (χ2n) is 7.29. The maximum Gasteiger partial charge on any atom is 0.0779 e. The van der Waals surface area contributed by atoms with Crippen molar-refractivity contribution in [2.24, 2.45) is 0 Å². The van der Waals surface area contributed by atoms with Crippen molar-refractivity contribution in [1.29, 1.82) is 0 Å². The summed E-state index contributed by atoms with van der Waals surface area (Å²) in [4.78, 5) is 0. The SMILES string of the molecule is CCC1(O)CC(C)(c2ccccc2[Si](C)(C)C)C1. The minimum atomic E-state index is -1.31. The van der Waals surface area contributed by atoms with Crippen LogP contribution in [-0.2, 0) is 5.41 Å². The predicted octanol–water partition coefficient (Wildman–Crippen LogP) is 3.42. The van der Waals surface area contributed by atoms with Gasteiger partial charge in [0.05, 0.1) is 13.7 Å². The van der Waals surface area contributed by atoms with Crippen LogP contribution < -0.4 is 5.19 Å². The predicted molar refractivity (Wildman–Crippen MR) is 81.2 cm³/mol. The molecule has 0 saturated heterocycles. The van der Waals surface area contributed by atoms with E-state index < -0.39 is 13.7 Å². The van der Waals surface area contributed by atoms with Crippen molar-refractivity contribution in [2.75, 3.05) is 0 Å². The first kappa shape index (κ1) is 13.8. The molecule has 0 amide bonds. The van der Waals surface area contributed by atoms with E-state index in [2.05, 4.69) is 57.8 Å². The Balaban J connectivity index is 2.36. The fourth-order valence-corrected chi connectivity index (χ4v) is 5.29. The van der Waals surface area contributed by atoms with E-state index in [0.29, 0.717) is 0 Å². The molecule has 1 saturated carbocycles. The standard InChI is InChI=1S/C16H26OSi/c1-6-16(17)11-15(2,12-16)13-9-7-8-10-14(13)18(3,4)5/h7-10,17H,6,11-12H2,1-5H3. The van der Waals surface area contributed by atoms with Gasteiger partial charge >= 0.3 is 0 Å². The van der Waals surface area contributed by atoms with Gasteiger partial charge in [0.15, 0.2) is 0 Å². The van der Waals surface area contributed by atoms with Crippen LogP contribution in [0, 0.1) is 0 Å². The van der Waals surface area contributed by atoms with Crippen molar-refractivity contribution in [3.8, 4) is 0 Å². The minimum absolute atomic E-state index is 0.182. The summed E-state index contributed by atoms with van der Waals surface area (Å²) in [5.74, 6) is 0. The van der Waals surface area contributed by atoms with Gasteiger partial charge in [0.25, 0.3) is 0 Å². The molecular formula is C16H26OSi. The van der Waals surface area contributed by atoms with Crippen LogP contribution in [0.25, 0.3) is 0 Å². The van der Waals surface area contributed by atoms with Gasteiger partial charge in [-0.15, -0.1) is 0 Å². The monoisotopic (exact) mass is 262 g/mol. The van der Waals surface area contributed by atoms with Crippen LogP contribution in [0.5, 0.6) is 0 Å². The summed E-state index contributed by atoms with van der Waals surface area (Å²) in [5, 5.41) is 11.9. The van der Waals surface area contributed by atoms with Gasteiger partial charge in [-0.1, -0.05) is 62.9 Å². The van der Waals surface area contributed by atoms with Gasteiger partial charge in [-0.3, -0.25) is 0 Å². The van der Waals surface area contributed by atoms with Crippen LogP contribution in [0.15, 0.2) is 24.3 Å². The summed E-state index contributed by atoms with van der Waals surface area (Å²) in [6, 6.07) is 8.89. The molecule has 0 heterocycles. The van der Waals surface area contributed by atoms with Crippen LogP contribution in [0.1, 0.15) is 38.7 Å². The molecule has 2 heteroatoms. The summed E-state index contributed by atoms with van der Waals surface area (Å²) in [6.07, 6.45) is 2.70. The quantitative estimate of drug-likeness (QED) is 0.828. The van der Waals surface area contributed by atoms with Gasteiger partial charge in [0, 0.05) is 0 Å². The highest BCUT2D eigenvalue weighted by molar-refractivity contribution is 6.89. The molecule has 0 spiro atoms. The summed E-state index contributed by atoms with van der Waals surface area (Å²) >= 11 is 0. The molecule has 0 unspecified atom stereocenters. The molecule has 1 N–H and O–H groups in total. The fraction of sp³-hybridized carbons (Fsp3) is 0.625. The molecular weight excluding hydrogens is 236 g/mol. The molecule has 1 fully saturated rings. The number of hydrogen-bond donors (Lipinski definition) is 1. The molecule has 1 aromatic rings. The van der Waals surface area contributed by atoms with E-state index in [0.717, 1.165) is 19.3 Å². The van der Waals surface area contributed by atoms with E-state index in [1.54, 1.807) is 5.19 Å². The van der Waals surface area contributed by atoms with E-state index >= 15 is 0 Å². The first-order chi connectivity index (χ1) is 8.20. The largest absolute Gasteiger partial charge is 0.390 e. The lowest BCUT2D eigenvalue weighted by Gasteiger charge is -2.53. The van der Waals surface area contributed by atoms with Gasteiger partial charge in [-0.25, -0.2) is 0 Å². The van der Waals surface area contributed by atoms with Crippen molar-refractivity contribution < 1.29 is 5.11 Å². The summed E-state index contributed by atoms with van der Waals surface area (Å²) in [7, 11) is -1.31. The summed E-state index contributed by atoms with van der Waals surface area (Å²) < 4.78 is 0. The fourth-order valence-electron chi connectivity index (χ4n) is 3.50. The molecule has 0 radical (unpaired) electrons. The van der Waals surface area contributed by atoms with Gasteiger partial charge < -0.3 is 5.11 Å². The number of rotatable bonds is 3. The lowest BCUT2D eigenvalue weighted by molar-refractivity contribution is -0.0869. The van der Waals surface area contributed by atoms with Crippen molar-refractivity contribution >= 4 is 13.3 Å². The molecule has 0 aliphatic heterocycles. The number of aliphatic hydroxyl groups is 1. The molecule has 0 atom stereocenters. The van der Waals surface area contributed by atoms with Crippen LogP contribution in [0.2, 0.25) is 19.6 Å². The Morgan fingerprint density at radius 3 is 2.22 bits per heavy atom. The molecule has 1 aliphatic rings. The normalized spacial score (nSPS) is 32.1. The zero-order valence-electron chi connectivity index (χ0n) is 12.4. The zero-order chi connectivity index (χ0) is 13.6. The van der Waals surface area contributed by atoms with Gasteiger partial charge in [-0.05, 0) is 30.2 Å². The van der Waals surface area contributed by atoms with Crippen LogP contribution in [-0.4, -0.2) is 18.8 Å². The molecule has 1 aliphatic carbocycles. The van der Waals surface area contributed by atoms with E-state index in [-0.39, 0.29) is 5.41 Å². The topological polar surface area (TPSA) is 20.2 Å². The minimum Gasteiger partial charge on any atom is -0.390 e. The molecule has 18 heavy (non-hydrogen) atoms. The maximum absolute atomic E-state index is 10.3. The first-order valence-electron chi connectivity index (χ1n) is 7.03. The van der Waals surface area contributed by atoms with Gasteiger partial charge in [0.2, 0.25) is 0 Å². The van der Waals surface area contributed by atoms with Gasteiger partial charge in [-0.2, -0.15) is 0 Å². The third-order valence-electron chi connectivity index (χ3n) is 4.48. The molecule has 2 rings (SSSR count). The van der Waals surface area contributed by atoms with E-state index in [4.69, 9.17) is 0 Å². The highest BCUT2D eigenvalue weighted by Crippen LogP contribution is 2.51. The second-order valence-corrected chi connectivity index (χ2v) is 12.3. The molecule has 1 nitrogen and oxygen atoms in total. The Kier molecular flexibility index (Phi) is 3.23. The van der Waals surface area contributed by atoms with Crippen LogP contribution in [0.3, 0.4) is 0 Å². The molecule has 100 valence electrons. The Morgan fingerprint density at radius 2 is 1.72 bits per heavy atom. The van der Waals surface area contributed by atoms with Crippen LogP contribution >= 0.6 is 0 Å². The van der Waals surface area contributed by atoms with Crippen molar-refractivity contribution in [3.05, 3.63) is 29.8 Å². The lowest BCUT2D eigenvalue weighted by Crippen LogP contribution is -2.56. The average Bonchev–Trinajstić information content (AvgIpc) is 2.26. The zero-order valence-corrected chi connectivity index (χ0v) is 13.4. The van der Waals surface area contributed by atoms with E-state index in [1.165, 1.54) is 5.56 Å². The van der Waals surface area contributed by atoms with Gasteiger partial charge in [0.1, 0.15) is 0 Å². The third kappa shape index (κ3) is 2.28. The highest BCUT2D eigenvalue weighted by atomic mass is 28.3. The lowest BCUT2D eigenvalue weighted by atomic mass is 9.56. The number of hydrogen-bond acceptors (Lipinski definition) is 1. The first-order valence-corrected chi connectivity index (χ1v) is 10.5. The maximum atomic E-state index is 10.3. The molecule has 1 aromatic carbocycles. The Labute approximate surface area is 112 Å². The summed E-state index contributed by atoms with van der Waals surface area (Å²) in [6.45, 7) is 11.6.